The van der Waals surface area contributed by atoms with Crippen molar-refractivity contribution >= 4 is 5.78 Å². The van der Waals surface area contributed by atoms with Crippen molar-refractivity contribution in [3.63, 3.8) is 0 Å². The van der Waals surface area contributed by atoms with Crippen LogP contribution in [-0.2, 0) is 0 Å². The zero-order valence-electron chi connectivity index (χ0n) is 11.1. The standard InChI is InChI=1S/C15H21NO2/c1-10(2)14(9-16)15(17)11-4-3-5-13(8-11)18-12-6-7-12/h3-5,8,10,12,14H,6-7,9,16H2,1-2H3. The van der Waals surface area contributed by atoms with E-state index in [0.717, 1.165) is 18.6 Å². The molecule has 1 aromatic carbocycles. The average molecular weight is 247 g/mol. The number of ether oxygens (including phenoxy) is 1. The molecule has 0 bridgehead atoms. The first-order chi connectivity index (χ1) is 8.61. The lowest BCUT2D eigenvalue weighted by molar-refractivity contribution is 0.0891. The fourth-order valence-corrected chi connectivity index (χ4v) is 2.00. The van der Waals surface area contributed by atoms with Gasteiger partial charge in [0.15, 0.2) is 5.78 Å². The number of carbonyl (C=O) groups is 1. The Labute approximate surface area is 108 Å². The van der Waals surface area contributed by atoms with Gasteiger partial charge < -0.3 is 10.5 Å². The Kier molecular flexibility index (Phi) is 4.02. The topological polar surface area (TPSA) is 52.3 Å². The van der Waals surface area contributed by atoms with Gasteiger partial charge in [-0.15, -0.1) is 0 Å². The SMILES string of the molecule is CC(C)C(CN)C(=O)c1cccc(OC2CC2)c1. The van der Waals surface area contributed by atoms with Crippen molar-refractivity contribution < 1.29 is 9.53 Å². The third-order valence-corrected chi connectivity index (χ3v) is 3.34. The van der Waals surface area contributed by atoms with E-state index in [4.69, 9.17) is 10.5 Å². The van der Waals surface area contributed by atoms with Gasteiger partial charge in [-0.25, -0.2) is 0 Å². The molecule has 1 aromatic rings. The molecule has 2 rings (SSSR count). The minimum atomic E-state index is -0.110. The van der Waals surface area contributed by atoms with Crippen molar-refractivity contribution in [1.29, 1.82) is 0 Å². The van der Waals surface area contributed by atoms with Gasteiger partial charge in [0, 0.05) is 18.0 Å². The van der Waals surface area contributed by atoms with Gasteiger partial charge in [-0.2, -0.15) is 0 Å². The number of rotatable bonds is 6. The highest BCUT2D eigenvalue weighted by molar-refractivity contribution is 5.98. The number of carbonyl (C=O) groups excluding carboxylic acids is 1. The van der Waals surface area contributed by atoms with Crippen molar-refractivity contribution in [2.24, 2.45) is 17.6 Å². The summed E-state index contributed by atoms with van der Waals surface area (Å²) >= 11 is 0. The number of Topliss-reactive ketones (excluding diaryl/α,β-unsaturated/α-hetero) is 1. The van der Waals surface area contributed by atoms with Crippen molar-refractivity contribution in [1.82, 2.24) is 0 Å². The Bertz CT molecular complexity index is 424. The highest BCUT2D eigenvalue weighted by Gasteiger charge is 2.25. The fourth-order valence-electron chi connectivity index (χ4n) is 2.00. The first-order valence-corrected chi connectivity index (χ1v) is 6.63. The number of hydrogen-bond acceptors (Lipinski definition) is 3. The zero-order chi connectivity index (χ0) is 13.1. The predicted molar refractivity (Wildman–Crippen MR) is 71.8 cm³/mol. The van der Waals surface area contributed by atoms with Crippen LogP contribution in [0.5, 0.6) is 5.75 Å². The molecular weight excluding hydrogens is 226 g/mol. The van der Waals surface area contributed by atoms with Gasteiger partial charge in [-0.05, 0) is 30.9 Å². The zero-order valence-corrected chi connectivity index (χ0v) is 11.1. The molecule has 3 nitrogen and oxygen atoms in total. The quantitative estimate of drug-likeness (QED) is 0.786. The van der Waals surface area contributed by atoms with Crippen LogP contribution in [0.4, 0.5) is 0 Å². The molecule has 0 heterocycles. The summed E-state index contributed by atoms with van der Waals surface area (Å²) in [5, 5.41) is 0. The van der Waals surface area contributed by atoms with Crippen molar-refractivity contribution in [3.05, 3.63) is 29.8 Å². The summed E-state index contributed by atoms with van der Waals surface area (Å²) in [7, 11) is 0. The van der Waals surface area contributed by atoms with E-state index in [1.807, 2.05) is 38.1 Å². The molecule has 2 N–H and O–H groups in total. The summed E-state index contributed by atoms with van der Waals surface area (Å²) in [5.74, 6) is 1.06. The summed E-state index contributed by atoms with van der Waals surface area (Å²) in [6, 6.07) is 7.46. The van der Waals surface area contributed by atoms with Crippen LogP contribution in [0, 0.1) is 11.8 Å². The van der Waals surface area contributed by atoms with E-state index in [0.29, 0.717) is 18.2 Å². The van der Waals surface area contributed by atoms with Gasteiger partial charge in [0.25, 0.3) is 0 Å². The third-order valence-electron chi connectivity index (χ3n) is 3.34. The summed E-state index contributed by atoms with van der Waals surface area (Å²) in [4.78, 5) is 12.3. The summed E-state index contributed by atoms with van der Waals surface area (Å²) in [6.45, 7) is 4.45. The average Bonchev–Trinajstić information content (AvgIpc) is 3.13. The maximum Gasteiger partial charge on any atom is 0.167 e. The van der Waals surface area contributed by atoms with E-state index in [2.05, 4.69) is 0 Å². The van der Waals surface area contributed by atoms with E-state index in [-0.39, 0.29) is 17.6 Å². The van der Waals surface area contributed by atoms with Crippen LogP contribution in [0.25, 0.3) is 0 Å². The molecule has 0 radical (unpaired) electrons. The molecule has 1 saturated carbocycles. The molecule has 98 valence electrons. The largest absolute Gasteiger partial charge is 0.490 e. The lowest BCUT2D eigenvalue weighted by Crippen LogP contribution is -2.28. The molecule has 0 aliphatic heterocycles. The molecule has 1 atom stereocenters. The number of nitrogens with two attached hydrogens (primary N) is 1. The van der Waals surface area contributed by atoms with Crippen LogP contribution < -0.4 is 10.5 Å². The minimum Gasteiger partial charge on any atom is -0.490 e. The molecular formula is C15H21NO2. The molecule has 0 aromatic heterocycles. The van der Waals surface area contributed by atoms with Crippen LogP contribution in [0.1, 0.15) is 37.0 Å². The van der Waals surface area contributed by atoms with Gasteiger partial charge in [0.2, 0.25) is 0 Å². The van der Waals surface area contributed by atoms with Crippen molar-refractivity contribution in [2.75, 3.05) is 6.54 Å². The molecule has 0 amide bonds. The van der Waals surface area contributed by atoms with Crippen LogP contribution in [0.2, 0.25) is 0 Å². The lowest BCUT2D eigenvalue weighted by Gasteiger charge is -2.17. The Hall–Kier alpha value is -1.35. The van der Waals surface area contributed by atoms with Gasteiger partial charge >= 0.3 is 0 Å². The number of hydrogen-bond donors (Lipinski definition) is 1. The molecule has 1 unspecified atom stereocenters. The van der Waals surface area contributed by atoms with Gasteiger partial charge in [-0.3, -0.25) is 4.79 Å². The maximum atomic E-state index is 12.3. The van der Waals surface area contributed by atoms with Crippen LogP contribution in [-0.4, -0.2) is 18.4 Å². The smallest absolute Gasteiger partial charge is 0.167 e. The highest BCUT2D eigenvalue weighted by Crippen LogP contribution is 2.28. The summed E-state index contributed by atoms with van der Waals surface area (Å²) in [6.07, 6.45) is 2.59. The Morgan fingerprint density at radius 1 is 1.44 bits per heavy atom. The Morgan fingerprint density at radius 3 is 2.72 bits per heavy atom. The van der Waals surface area contributed by atoms with Crippen LogP contribution in [0.3, 0.4) is 0 Å². The van der Waals surface area contributed by atoms with Crippen molar-refractivity contribution in [2.45, 2.75) is 32.8 Å². The molecule has 0 saturated heterocycles. The Balaban J connectivity index is 2.13. The fraction of sp³-hybridized carbons (Fsp3) is 0.533. The second-order valence-corrected chi connectivity index (χ2v) is 5.30. The van der Waals surface area contributed by atoms with Gasteiger partial charge in [-0.1, -0.05) is 26.0 Å². The van der Waals surface area contributed by atoms with E-state index < -0.39 is 0 Å². The molecule has 18 heavy (non-hydrogen) atoms. The highest BCUT2D eigenvalue weighted by atomic mass is 16.5. The van der Waals surface area contributed by atoms with E-state index in [1.54, 1.807) is 0 Å². The first kappa shape index (κ1) is 13.1. The number of ketones is 1. The molecule has 1 aliphatic rings. The Morgan fingerprint density at radius 2 is 2.17 bits per heavy atom. The van der Waals surface area contributed by atoms with Crippen LogP contribution in [0.15, 0.2) is 24.3 Å². The second kappa shape index (κ2) is 5.53. The van der Waals surface area contributed by atoms with E-state index in [9.17, 15) is 4.79 Å². The molecule has 1 aliphatic carbocycles. The second-order valence-electron chi connectivity index (χ2n) is 5.30. The summed E-state index contributed by atoms with van der Waals surface area (Å²) < 4.78 is 5.71. The van der Waals surface area contributed by atoms with Crippen molar-refractivity contribution in [3.8, 4) is 5.75 Å². The van der Waals surface area contributed by atoms with Gasteiger partial charge in [0.05, 0.1) is 6.10 Å². The lowest BCUT2D eigenvalue weighted by atomic mass is 9.88. The first-order valence-electron chi connectivity index (χ1n) is 6.63. The third kappa shape index (κ3) is 3.10. The monoisotopic (exact) mass is 247 g/mol. The molecule has 3 heteroatoms. The summed E-state index contributed by atoms with van der Waals surface area (Å²) in [5.41, 5.74) is 6.39. The van der Waals surface area contributed by atoms with E-state index in [1.165, 1.54) is 0 Å². The number of benzene rings is 1. The van der Waals surface area contributed by atoms with E-state index >= 15 is 0 Å². The van der Waals surface area contributed by atoms with Crippen LogP contribution >= 0.6 is 0 Å². The van der Waals surface area contributed by atoms with Gasteiger partial charge in [0.1, 0.15) is 5.75 Å². The minimum absolute atomic E-state index is 0.110. The molecule has 1 fully saturated rings. The normalized spacial score (nSPS) is 16.7. The molecule has 0 spiro atoms. The maximum absolute atomic E-state index is 12.3. The predicted octanol–water partition coefficient (Wildman–Crippen LogP) is 2.64.